The monoisotopic (exact) mass is 435 g/mol. The fourth-order valence-electron chi connectivity index (χ4n) is 4.22. The van der Waals surface area contributed by atoms with E-state index in [1.807, 2.05) is 38.1 Å². The molecule has 0 fully saturated rings. The van der Waals surface area contributed by atoms with Crippen LogP contribution in [0.3, 0.4) is 0 Å². The normalized spacial score (nSPS) is 15.1. The number of aryl methyl sites for hydroxylation is 1. The molecule has 3 aromatic carbocycles. The minimum absolute atomic E-state index is 0.290. The molecule has 0 saturated carbocycles. The van der Waals surface area contributed by atoms with Gasteiger partial charge in [0.05, 0.1) is 37.0 Å². The summed E-state index contributed by atoms with van der Waals surface area (Å²) in [6, 6.07) is 12.4. The van der Waals surface area contributed by atoms with Gasteiger partial charge in [0.15, 0.2) is 6.23 Å². The average Bonchev–Trinajstić information content (AvgIpc) is 3.05. The number of aliphatic hydroxyl groups is 1. The minimum Gasteiger partial charge on any atom is -0.493 e. The molecule has 7 nitrogen and oxygen atoms in total. The Morgan fingerprint density at radius 3 is 2.25 bits per heavy atom. The van der Waals surface area contributed by atoms with Crippen LogP contribution in [0, 0.1) is 6.92 Å². The summed E-state index contributed by atoms with van der Waals surface area (Å²) in [5.41, 5.74) is 2.17. The van der Waals surface area contributed by atoms with Gasteiger partial charge >= 0.3 is 5.97 Å². The first kappa shape index (κ1) is 21.6. The molecule has 0 radical (unpaired) electrons. The maximum Gasteiger partial charge on any atom is 0.337 e. The summed E-state index contributed by atoms with van der Waals surface area (Å²) in [6.45, 7) is 6.21. The SMILES string of the molecule is CCOc1c2c(c(OCC)c3ccccc13)C(O)N(c1ccc(C(=O)OC)cc1C)C2=O. The van der Waals surface area contributed by atoms with Crippen LogP contribution in [-0.2, 0) is 4.74 Å². The Bertz CT molecular complexity index is 1220. The second-order valence-corrected chi connectivity index (χ2v) is 7.40. The lowest BCUT2D eigenvalue weighted by atomic mass is 9.98. The number of nitrogens with zero attached hydrogens (tertiary/aromatic N) is 1. The van der Waals surface area contributed by atoms with E-state index in [4.69, 9.17) is 14.2 Å². The minimum atomic E-state index is -1.27. The lowest BCUT2D eigenvalue weighted by Crippen LogP contribution is -2.28. The summed E-state index contributed by atoms with van der Waals surface area (Å²) in [7, 11) is 1.31. The molecular weight excluding hydrogens is 410 g/mol. The summed E-state index contributed by atoms with van der Waals surface area (Å²) in [5, 5.41) is 12.9. The number of rotatable bonds is 6. The van der Waals surface area contributed by atoms with Gasteiger partial charge in [0.2, 0.25) is 0 Å². The molecule has 1 unspecified atom stereocenters. The van der Waals surface area contributed by atoms with E-state index in [0.717, 1.165) is 10.8 Å². The van der Waals surface area contributed by atoms with E-state index < -0.39 is 18.1 Å². The highest BCUT2D eigenvalue weighted by molar-refractivity contribution is 6.17. The number of aliphatic hydroxyl groups excluding tert-OH is 1. The van der Waals surface area contributed by atoms with E-state index >= 15 is 0 Å². The summed E-state index contributed by atoms with van der Waals surface area (Å²) >= 11 is 0. The Morgan fingerprint density at radius 2 is 1.66 bits per heavy atom. The molecule has 0 saturated heterocycles. The van der Waals surface area contributed by atoms with Crippen molar-refractivity contribution in [2.45, 2.75) is 27.0 Å². The molecule has 0 spiro atoms. The Kier molecular flexibility index (Phi) is 5.76. The second-order valence-electron chi connectivity index (χ2n) is 7.40. The van der Waals surface area contributed by atoms with Gasteiger partial charge in [-0.3, -0.25) is 9.69 Å². The maximum absolute atomic E-state index is 13.7. The zero-order chi connectivity index (χ0) is 23.0. The number of methoxy groups -OCH3 is 1. The first-order chi connectivity index (χ1) is 15.4. The quantitative estimate of drug-likeness (QED) is 0.578. The number of anilines is 1. The molecule has 166 valence electrons. The number of benzene rings is 3. The van der Waals surface area contributed by atoms with Crippen molar-refractivity contribution in [3.63, 3.8) is 0 Å². The van der Waals surface area contributed by atoms with Crippen molar-refractivity contribution in [1.29, 1.82) is 0 Å². The first-order valence-electron chi connectivity index (χ1n) is 10.5. The van der Waals surface area contributed by atoms with Crippen LogP contribution in [0.4, 0.5) is 5.69 Å². The number of esters is 1. The average molecular weight is 435 g/mol. The van der Waals surface area contributed by atoms with Gasteiger partial charge in [-0.1, -0.05) is 24.3 Å². The summed E-state index contributed by atoms with van der Waals surface area (Å²) in [6.07, 6.45) is -1.27. The van der Waals surface area contributed by atoms with Crippen molar-refractivity contribution in [1.82, 2.24) is 0 Å². The molecular formula is C25H25NO6. The third kappa shape index (κ3) is 3.26. The van der Waals surface area contributed by atoms with Crippen molar-refractivity contribution < 1.29 is 28.9 Å². The fourth-order valence-corrected chi connectivity index (χ4v) is 4.22. The van der Waals surface area contributed by atoms with Crippen molar-refractivity contribution >= 4 is 28.3 Å². The molecule has 32 heavy (non-hydrogen) atoms. The molecule has 1 atom stereocenters. The molecule has 1 heterocycles. The van der Waals surface area contributed by atoms with Gasteiger partial charge in [0, 0.05) is 16.5 Å². The van der Waals surface area contributed by atoms with Gasteiger partial charge < -0.3 is 19.3 Å². The first-order valence-corrected chi connectivity index (χ1v) is 10.5. The Hall–Kier alpha value is -3.58. The molecule has 4 rings (SSSR count). The van der Waals surface area contributed by atoms with Gasteiger partial charge in [-0.05, 0) is 44.5 Å². The Morgan fingerprint density at radius 1 is 1.03 bits per heavy atom. The van der Waals surface area contributed by atoms with E-state index in [-0.39, 0.29) is 5.56 Å². The molecule has 3 aromatic rings. The third-order valence-corrected chi connectivity index (χ3v) is 5.55. The van der Waals surface area contributed by atoms with Crippen molar-refractivity contribution in [3.05, 3.63) is 64.7 Å². The summed E-state index contributed by atoms with van der Waals surface area (Å²) in [5.74, 6) is 0.0296. The van der Waals surface area contributed by atoms with Crippen LogP contribution in [0.5, 0.6) is 11.5 Å². The van der Waals surface area contributed by atoms with Gasteiger partial charge in [-0.2, -0.15) is 0 Å². The fraction of sp³-hybridized carbons (Fsp3) is 0.280. The second kappa shape index (κ2) is 8.51. The Balaban J connectivity index is 1.94. The number of hydrogen-bond donors (Lipinski definition) is 1. The molecule has 7 heteroatoms. The molecule has 0 aliphatic carbocycles. The molecule has 0 bridgehead atoms. The lowest BCUT2D eigenvalue weighted by Gasteiger charge is -2.24. The zero-order valence-corrected chi connectivity index (χ0v) is 18.5. The highest BCUT2D eigenvalue weighted by Crippen LogP contribution is 2.50. The van der Waals surface area contributed by atoms with E-state index in [0.29, 0.717) is 47.1 Å². The van der Waals surface area contributed by atoms with E-state index in [1.54, 1.807) is 25.1 Å². The van der Waals surface area contributed by atoms with E-state index in [9.17, 15) is 14.7 Å². The molecule has 1 amide bonds. The van der Waals surface area contributed by atoms with Crippen molar-refractivity contribution in [2.24, 2.45) is 0 Å². The van der Waals surface area contributed by atoms with Crippen LogP contribution in [0.2, 0.25) is 0 Å². The molecule has 1 aliphatic heterocycles. The van der Waals surface area contributed by atoms with Gasteiger partial charge in [-0.15, -0.1) is 0 Å². The van der Waals surface area contributed by atoms with Crippen LogP contribution in [0.1, 0.15) is 51.9 Å². The maximum atomic E-state index is 13.7. The molecule has 1 aliphatic rings. The van der Waals surface area contributed by atoms with Crippen LogP contribution < -0.4 is 14.4 Å². The smallest absolute Gasteiger partial charge is 0.337 e. The predicted molar refractivity (Wildman–Crippen MR) is 121 cm³/mol. The van der Waals surface area contributed by atoms with Crippen LogP contribution >= 0.6 is 0 Å². The van der Waals surface area contributed by atoms with Gasteiger partial charge in [-0.25, -0.2) is 4.79 Å². The third-order valence-electron chi connectivity index (χ3n) is 5.55. The number of carbonyl (C=O) groups excluding carboxylic acids is 2. The highest BCUT2D eigenvalue weighted by Gasteiger charge is 2.43. The number of carbonyl (C=O) groups is 2. The number of amides is 1. The zero-order valence-electron chi connectivity index (χ0n) is 18.5. The number of fused-ring (bicyclic) bond motifs is 2. The van der Waals surface area contributed by atoms with E-state index in [1.165, 1.54) is 12.0 Å². The van der Waals surface area contributed by atoms with Gasteiger partial charge in [0.25, 0.3) is 5.91 Å². The molecule has 0 aromatic heterocycles. The van der Waals surface area contributed by atoms with E-state index in [2.05, 4.69) is 0 Å². The van der Waals surface area contributed by atoms with Crippen LogP contribution in [-0.4, -0.2) is 37.3 Å². The topological polar surface area (TPSA) is 85.3 Å². The number of hydrogen-bond acceptors (Lipinski definition) is 6. The van der Waals surface area contributed by atoms with Crippen LogP contribution in [0.15, 0.2) is 42.5 Å². The van der Waals surface area contributed by atoms with Gasteiger partial charge in [0.1, 0.15) is 11.5 Å². The lowest BCUT2D eigenvalue weighted by molar-refractivity contribution is 0.0600. The predicted octanol–water partition coefficient (Wildman–Crippen LogP) is 4.38. The summed E-state index contributed by atoms with van der Waals surface area (Å²) < 4.78 is 16.6. The highest BCUT2D eigenvalue weighted by atomic mass is 16.5. The van der Waals surface area contributed by atoms with Crippen molar-refractivity contribution in [3.8, 4) is 11.5 Å². The van der Waals surface area contributed by atoms with Crippen molar-refractivity contribution in [2.75, 3.05) is 25.2 Å². The largest absolute Gasteiger partial charge is 0.493 e. The summed E-state index contributed by atoms with van der Waals surface area (Å²) in [4.78, 5) is 26.9. The number of ether oxygens (including phenoxy) is 3. The van der Waals surface area contributed by atoms with Crippen LogP contribution in [0.25, 0.3) is 10.8 Å². The molecule has 1 N–H and O–H groups in total. The Labute approximate surface area is 186 Å². The standard InChI is InChI=1S/C25H25NO6/c1-5-31-21-16-9-7-8-10-17(16)22(32-6-2)20-19(21)23(27)26(24(20)28)18-12-11-15(13-14(18)3)25(29)30-4/h7-13,23,27H,5-6H2,1-4H3.